The molecule has 0 aliphatic heterocycles. The molecule has 1 aliphatic carbocycles. The van der Waals surface area contributed by atoms with Crippen molar-refractivity contribution in [2.75, 3.05) is 5.32 Å². The lowest BCUT2D eigenvalue weighted by molar-refractivity contribution is -0.117. The Morgan fingerprint density at radius 1 is 1.17 bits per heavy atom. The number of anilines is 1. The Balaban J connectivity index is 1.49. The predicted molar refractivity (Wildman–Crippen MR) is 91.5 cm³/mol. The topological polar surface area (TPSA) is 57.8 Å². The Kier molecular flexibility index (Phi) is 3.18. The number of rotatable bonds is 3. The molecule has 2 atom stereocenters. The Hall–Kier alpha value is -2.62. The largest absolute Gasteiger partial charge is 0.324 e. The van der Waals surface area contributed by atoms with Crippen LogP contribution in [0, 0.1) is 19.8 Å². The summed E-state index contributed by atoms with van der Waals surface area (Å²) in [7, 11) is 0. The van der Waals surface area contributed by atoms with E-state index in [0.717, 1.165) is 17.5 Å². The minimum Gasteiger partial charge on any atom is -0.324 e. The van der Waals surface area contributed by atoms with Gasteiger partial charge >= 0.3 is 0 Å². The van der Waals surface area contributed by atoms with E-state index in [9.17, 15) is 4.79 Å². The minimum atomic E-state index is 0.0475. The van der Waals surface area contributed by atoms with Crippen LogP contribution in [0.15, 0.2) is 42.5 Å². The van der Waals surface area contributed by atoms with Crippen LogP contribution in [0.2, 0.25) is 0 Å². The van der Waals surface area contributed by atoms with Crippen LogP contribution in [-0.4, -0.2) is 15.9 Å². The molecule has 1 heterocycles. The van der Waals surface area contributed by atoms with Gasteiger partial charge in [0, 0.05) is 5.92 Å². The van der Waals surface area contributed by atoms with Gasteiger partial charge in [0.2, 0.25) is 11.9 Å². The molecule has 1 saturated carbocycles. The molecule has 0 bridgehead atoms. The number of benzene rings is 2. The first kappa shape index (κ1) is 14.0. The van der Waals surface area contributed by atoms with Gasteiger partial charge in [-0.05, 0) is 55.0 Å². The fraction of sp³-hybridized carbons (Fsp3) is 0.263. The third-order valence-electron chi connectivity index (χ3n) is 4.69. The van der Waals surface area contributed by atoms with E-state index < -0.39 is 0 Å². The highest BCUT2D eigenvalue weighted by atomic mass is 16.2. The molecule has 4 rings (SSSR count). The zero-order chi connectivity index (χ0) is 16.0. The Morgan fingerprint density at radius 3 is 2.70 bits per heavy atom. The molecule has 0 spiro atoms. The monoisotopic (exact) mass is 305 g/mol. The van der Waals surface area contributed by atoms with Crippen LogP contribution < -0.4 is 5.32 Å². The van der Waals surface area contributed by atoms with Crippen LogP contribution in [-0.2, 0) is 4.79 Å². The van der Waals surface area contributed by atoms with Crippen LogP contribution in [0.3, 0.4) is 0 Å². The highest BCUT2D eigenvalue weighted by Gasteiger charge is 2.44. The summed E-state index contributed by atoms with van der Waals surface area (Å²) in [4.78, 5) is 20.1. The number of nitrogens with one attached hydrogen (secondary N) is 2. The van der Waals surface area contributed by atoms with Gasteiger partial charge in [-0.15, -0.1) is 0 Å². The van der Waals surface area contributed by atoms with Gasteiger partial charge in [0.15, 0.2) is 0 Å². The van der Waals surface area contributed by atoms with Crippen molar-refractivity contribution in [1.82, 2.24) is 9.97 Å². The average Bonchev–Trinajstić information content (AvgIpc) is 3.26. The molecule has 1 amide bonds. The standard InChI is InChI=1S/C19H19N3O/c1-11-8-16-17(9-12(11)2)21-19(20-16)22-18(23)15-10-14(15)13-6-4-3-5-7-13/h3-9,14-15H,10H2,1-2H3,(H2,20,21,22,23). The summed E-state index contributed by atoms with van der Waals surface area (Å²) in [5.74, 6) is 0.971. The van der Waals surface area contributed by atoms with Crippen molar-refractivity contribution >= 4 is 22.9 Å². The number of fused-ring (bicyclic) bond motifs is 1. The number of aryl methyl sites for hydroxylation is 2. The number of amides is 1. The molecule has 0 saturated heterocycles. The first-order valence-electron chi connectivity index (χ1n) is 7.94. The summed E-state index contributed by atoms with van der Waals surface area (Å²) in [5, 5.41) is 2.93. The maximum Gasteiger partial charge on any atom is 0.230 e. The number of carbonyl (C=O) groups is 1. The SMILES string of the molecule is Cc1cc2nc(NC(=O)C3CC3c3ccccc3)[nH]c2cc1C. The van der Waals surface area contributed by atoms with Crippen molar-refractivity contribution in [1.29, 1.82) is 0 Å². The molecule has 23 heavy (non-hydrogen) atoms. The molecule has 1 fully saturated rings. The average molecular weight is 305 g/mol. The second-order valence-corrected chi connectivity index (χ2v) is 6.39. The van der Waals surface area contributed by atoms with Gasteiger partial charge in [-0.3, -0.25) is 10.1 Å². The summed E-state index contributed by atoms with van der Waals surface area (Å²) in [6.07, 6.45) is 0.911. The van der Waals surface area contributed by atoms with Crippen molar-refractivity contribution in [2.24, 2.45) is 5.92 Å². The number of hydrogen-bond acceptors (Lipinski definition) is 2. The van der Waals surface area contributed by atoms with Gasteiger partial charge in [0.05, 0.1) is 11.0 Å². The summed E-state index contributed by atoms with van der Waals surface area (Å²) in [5.41, 5.74) is 5.50. The maximum atomic E-state index is 12.4. The first-order chi connectivity index (χ1) is 11.1. The molecule has 2 unspecified atom stereocenters. The summed E-state index contributed by atoms with van der Waals surface area (Å²) in [6, 6.07) is 14.3. The number of hydrogen-bond donors (Lipinski definition) is 2. The Bertz CT molecular complexity index is 843. The maximum absolute atomic E-state index is 12.4. The highest BCUT2D eigenvalue weighted by Crippen LogP contribution is 2.47. The van der Waals surface area contributed by atoms with E-state index in [1.54, 1.807) is 0 Å². The smallest absolute Gasteiger partial charge is 0.230 e. The van der Waals surface area contributed by atoms with E-state index in [1.807, 2.05) is 24.3 Å². The van der Waals surface area contributed by atoms with Crippen molar-refractivity contribution in [2.45, 2.75) is 26.2 Å². The van der Waals surface area contributed by atoms with Gasteiger partial charge in [0.25, 0.3) is 0 Å². The van der Waals surface area contributed by atoms with Crippen LogP contribution in [0.1, 0.15) is 29.0 Å². The normalized spacial score (nSPS) is 19.7. The van der Waals surface area contributed by atoms with Crippen LogP contribution >= 0.6 is 0 Å². The fourth-order valence-electron chi connectivity index (χ4n) is 3.09. The number of H-pyrrole nitrogens is 1. The summed E-state index contributed by atoms with van der Waals surface area (Å²) < 4.78 is 0. The van der Waals surface area contributed by atoms with Gasteiger partial charge < -0.3 is 4.98 Å². The van der Waals surface area contributed by atoms with Crippen LogP contribution in [0.25, 0.3) is 11.0 Å². The molecule has 1 aliphatic rings. The molecule has 1 aromatic heterocycles. The van der Waals surface area contributed by atoms with E-state index >= 15 is 0 Å². The predicted octanol–water partition coefficient (Wildman–Crippen LogP) is 3.92. The molecule has 116 valence electrons. The number of aromatic nitrogens is 2. The van der Waals surface area contributed by atoms with Gasteiger partial charge in [-0.1, -0.05) is 30.3 Å². The van der Waals surface area contributed by atoms with Crippen LogP contribution in [0.5, 0.6) is 0 Å². The quantitative estimate of drug-likeness (QED) is 0.770. The van der Waals surface area contributed by atoms with Crippen molar-refractivity contribution in [3.05, 3.63) is 59.2 Å². The number of imidazole rings is 1. The minimum absolute atomic E-state index is 0.0475. The Morgan fingerprint density at radius 2 is 1.91 bits per heavy atom. The number of nitrogens with zero attached hydrogens (tertiary/aromatic N) is 1. The van der Waals surface area contributed by atoms with Gasteiger partial charge in [-0.25, -0.2) is 4.98 Å². The molecular formula is C19H19N3O. The molecule has 2 aromatic carbocycles. The zero-order valence-electron chi connectivity index (χ0n) is 13.3. The first-order valence-corrected chi connectivity index (χ1v) is 7.94. The van der Waals surface area contributed by atoms with E-state index in [-0.39, 0.29) is 11.8 Å². The lowest BCUT2D eigenvalue weighted by Gasteiger charge is -2.01. The highest BCUT2D eigenvalue weighted by molar-refractivity contribution is 5.95. The molecule has 3 aromatic rings. The second kappa shape index (κ2) is 5.23. The molecule has 4 nitrogen and oxygen atoms in total. The van der Waals surface area contributed by atoms with E-state index in [1.165, 1.54) is 16.7 Å². The molecular weight excluding hydrogens is 286 g/mol. The van der Waals surface area contributed by atoms with Crippen molar-refractivity contribution in [3.63, 3.8) is 0 Å². The lowest BCUT2D eigenvalue weighted by atomic mass is 10.1. The molecule has 2 N–H and O–H groups in total. The number of aromatic amines is 1. The van der Waals surface area contributed by atoms with Gasteiger partial charge in [-0.2, -0.15) is 0 Å². The third kappa shape index (κ3) is 2.61. The van der Waals surface area contributed by atoms with Crippen molar-refractivity contribution < 1.29 is 4.79 Å². The fourth-order valence-corrected chi connectivity index (χ4v) is 3.09. The second-order valence-electron chi connectivity index (χ2n) is 6.39. The van der Waals surface area contributed by atoms with E-state index in [0.29, 0.717) is 11.9 Å². The van der Waals surface area contributed by atoms with Gasteiger partial charge in [0.1, 0.15) is 0 Å². The van der Waals surface area contributed by atoms with Crippen molar-refractivity contribution in [3.8, 4) is 0 Å². The molecule has 0 radical (unpaired) electrons. The summed E-state index contributed by atoms with van der Waals surface area (Å²) >= 11 is 0. The Labute approximate surface area is 134 Å². The van der Waals surface area contributed by atoms with E-state index in [2.05, 4.69) is 47.3 Å². The summed E-state index contributed by atoms with van der Waals surface area (Å²) in [6.45, 7) is 4.14. The zero-order valence-corrected chi connectivity index (χ0v) is 13.3. The lowest BCUT2D eigenvalue weighted by Crippen LogP contribution is -2.15. The third-order valence-corrected chi connectivity index (χ3v) is 4.69. The number of carbonyl (C=O) groups excluding carboxylic acids is 1. The molecule has 4 heteroatoms. The van der Waals surface area contributed by atoms with E-state index in [4.69, 9.17) is 0 Å². The van der Waals surface area contributed by atoms with Crippen LogP contribution in [0.4, 0.5) is 5.95 Å².